The van der Waals surface area contributed by atoms with E-state index in [1.54, 1.807) is 17.2 Å². The molecule has 2 atom stereocenters. The molecule has 1 saturated heterocycles. The predicted molar refractivity (Wildman–Crippen MR) is 128 cm³/mol. The first-order valence-electron chi connectivity index (χ1n) is 11.0. The van der Waals surface area contributed by atoms with E-state index in [-0.39, 0.29) is 30.0 Å². The van der Waals surface area contributed by atoms with Crippen LogP contribution in [0.5, 0.6) is 0 Å². The van der Waals surface area contributed by atoms with Crippen molar-refractivity contribution in [2.75, 3.05) is 18.4 Å². The number of nitrogens with one attached hydrogen (secondary N) is 2. The average Bonchev–Trinajstić information content (AvgIpc) is 3.43. The number of carbonyl (C=O) groups is 3. The minimum Gasteiger partial charge on any atom is -0.374 e. The summed E-state index contributed by atoms with van der Waals surface area (Å²) in [4.78, 5) is 42.7. The number of benzene rings is 1. The van der Waals surface area contributed by atoms with Gasteiger partial charge in [-0.2, -0.15) is 0 Å². The van der Waals surface area contributed by atoms with Gasteiger partial charge in [0.2, 0.25) is 11.8 Å². The summed E-state index contributed by atoms with van der Waals surface area (Å²) < 4.78 is 0. The van der Waals surface area contributed by atoms with Crippen LogP contribution >= 0.6 is 11.6 Å². The number of anilines is 1. The van der Waals surface area contributed by atoms with Crippen molar-refractivity contribution in [3.63, 3.8) is 0 Å². The Hall–Kier alpha value is -3.72. The summed E-state index contributed by atoms with van der Waals surface area (Å²) in [5.74, 6) is -0.995. The highest BCUT2D eigenvalue weighted by Crippen LogP contribution is 2.48. The summed E-state index contributed by atoms with van der Waals surface area (Å²) in [6.45, 7) is 0.414. The van der Waals surface area contributed by atoms with Crippen LogP contribution in [0.3, 0.4) is 0 Å². The van der Waals surface area contributed by atoms with Crippen LogP contribution in [0.15, 0.2) is 54.5 Å². The predicted octanol–water partition coefficient (Wildman–Crippen LogP) is 0.359. The second kappa shape index (κ2) is 10.0. The fourth-order valence-electron chi connectivity index (χ4n) is 4.18. The van der Waals surface area contributed by atoms with E-state index in [1.165, 1.54) is 12.4 Å². The molecule has 2 aromatic rings. The van der Waals surface area contributed by atoms with Gasteiger partial charge in [-0.25, -0.2) is 5.41 Å². The minimum atomic E-state index is -0.765. The molecular formula is C24H26ClN6O3+. The van der Waals surface area contributed by atoms with Crippen molar-refractivity contribution in [3.05, 3.63) is 70.6 Å². The molecule has 3 amide bonds. The lowest BCUT2D eigenvalue weighted by Gasteiger charge is -2.24. The van der Waals surface area contributed by atoms with Crippen molar-refractivity contribution < 1.29 is 19.8 Å². The Balaban J connectivity index is 1.34. The van der Waals surface area contributed by atoms with E-state index < -0.39 is 11.9 Å². The number of hydrogen-bond acceptors (Lipinski definition) is 5. The minimum absolute atomic E-state index is 0.0792. The fraction of sp³-hybridized carbons (Fsp3) is 0.292. The highest BCUT2D eigenvalue weighted by Gasteiger charge is 2.36. The smallest absolute Gasteiger partial charge is 0.313 e. The Morgan fingerprint density at radius 3 is 2.82 bits per heavy atom. The van der Waals surface area contributed by atoms with Crippen molar-refractivity contribution in [1.82, 2.24) is 15.2 Å². The van der Waals surface area contributed by atoms with Crippen molar-refractivity contribution in [2.24, 2.45) is 5.73 Å². The number of nitrogens with zero attached hydrogens (tertiary/aromatic N) is 2. The third-order valence-electron chi connectivity index (χ3n) is 6.09. The Morgan fingerprint density at radius 1 is 1.26 bits per heavy atom. The summed E-state index contributed by atoms with van der Waals surface area (Å²) in [6.07, 6.45) is 6.85. The van der Waals surface area contributed by atoms with Crippen LogP contribution in [0.1, 0.15) is 36.3 Å². The molecular weight excluding hydrogens is 456 g/mol. The third kappa shape index (κ3) is 5.09. The standard InChI is InChI=1S/C24H25ClN6O3/c25-18-5-2-1-4-15(18)17-10-14(17)11-30-24(34)20-6-3-9-31(20)21(32)13-29-19-12-28-8-7-16(19)22(26)23(27)33/h1-2,4-5,7-8,11-12,17,20,26,29H,3,6,9-10,13H2,(H2,27,33)(H,30,34)/p+1/t17-,20+/m1/s1. The summed E-state index contributed by atoms with van der Waals surface area (Å²) >= 11 is 6.26. The lowest BCUT2D eigenvalue weighted by Crippen LogP contribution is -2.49. The largest absolute Gasteiger partial charge is 0.374 e. The van der Waals surface area contributed by atoms with E-state index in [1.807, 2.05) is 24.3 Å². The topological polar surface area (TPSA) is 143 Å². The van der Waals surface area contributed by atoms with E-state index in [2.05, 4.69) is 15.6 Å². The Kier molecular flexibility index (Phi) is 6.93. The van der Waals surface area contributed by atoms with E-state index in [9.17, 15) is 14.4 Å². The highest BCUT2D eigenvalue weighted by molar-refractivity contribution is 6.43. The van der Waals surface area contributed by atoms with Gasteiger partial charge in [-0.05, 0) is 42.5 Å². The molecule has 0 unspecified atom stereocenters. The van der Waals surface area contributed by atoms with E-state index in [0.717, 1.165) is 24.0 Å². The van der Waals surface area contributed by atoms with Crippen LogP contribution in [0.2, 0.25) is 5.02 Å². The summed E-state index contributed by atoms with van der Waals surface area (Å²) in [7, 11) is 0. The van der Waals surface area contributed by atoms with Crippen molar-refractivity contribution in [1.29, 1.82) is 0 Å². The SMILES string of the molecule is NC(=O)C(=[NH2+])c1ccncc1NCC(=O)N1CCC[C@H]1C(=O)NC=C1C[C@H]1c1ccccc1Cl. The van der Waals surface area contributed by atoms with Crippen LogP contribution in [0.25, 0.3) is 0 Å². The molecule has 1 aromatic carbocycles. The van der Waals surface area contributed by atoms with Crippen LogP contribution in [0, 0.1) is 0 Å². The molecule has 1 aliphatic heterocycles. The van der Waals surface area contributed by atoms with Crippen LogP contribution in [0.4, 0.5) is 5.69 Å². The van der Waals surface area contributed by atoms with Gasteiger partial charge in [-0.3, -0.25) is 19.4 Å². The number of pyridine rings is 1. The summed E-state index contributed by atoms with van der Waals surface area (Å²) in [5.41, 5.74) is 8.08. The molecule has 2 aliphatic rings. The monoisotopic (exact) mass is 481 g/mol. The fourth-order valence-corrected chi connectivity index (χ4v) is 4.44. The number of allylic oxidation sites excluding steroid dienone is 1. The van der Waals surface area contributed by atoms with Gasteiger partial charge in [0.1, 0.15) is 6.04 Å². The zero-order chi connectivity index (χ0) is 24.2. The molecule has 4 rings (SSSR count). The van der Waals surface area contributed by atoms with Crippen LogP contribution in [-0.4, -0.2) is 52.4 Å². The van der Waals surface area contributed by atoms with Gasteiger partial charge >= 0.3 is 5.91 Å². The molecule has 0 bridgehead atoms. The number of aromatic nitrogens is 1. The number of primary amides is 1. The van der Waals surface area contributed by atoms with Crippen molar-refractivity contribution >= 4 is 40.7 Å². The molecule has 6 N–H and O–H groups in total. The zero-order valence-corrected chi connectivity index (χ0v) is 19.2. The molecule has 34 heavy (non-hydrogen) atoms. The van der Waals surface area contributed by atoms with Gasteiger partial charge in [0, 0.05) is 29.9 Å². The number of hydrogen-bond donors (Lipinski definition) is 4. The maximum absolute atomic E-state index is 12.9. The molecule has 2 fully saturated rings. The molecule has 1 aliphatic carbocycles. The normalized spacial score (nSPS) is 20.1. The number of rotatable bonds is 8. The van der Waals surface area contributed by atoms with Crippen LogP contribution in [-0.2, 0) is 14.4 Å². The third-order valence-corrected chi connectivity index (χ3v) is 6.43. The maximum atomic E-state index is 12.9. The number of nitrogens with two attached hydrogens (primary N) is 2. The highest BCUT2D eigenvalue weighted by atomic mass is 35.5. The van der Waals surface area contributed by atoms with Crippen molar-refractivity contribution in [3.8, 4) is 0 Å². The van der Waals surface area contributed by atoms with Gasteiger partial charge in [0.25, 0.3) is 5.71 Å². The first-order valence-corrected chi connectivity index (χ1v) is 11.4. The second-order valence-electron chi connectivity index (χ2n) is 8.30. The first-order chi connectivity index (χ1) is 16.4. The lowest BCUT2D eigenvalue weighted by molar-refractivity contribution is -0.136. The van der Waals surface area contributed by atoms with Gasteiger partial charge in [-0.1, -0.05) is 29.8 Å². The molecule has 10 heteroatoms. The summed E-state index contributed by atoms with van der Waals surface area (Å²) in [6, 6.07) is 8.68. The average molecular weight is 482 g/mol. The Bertz CT molecular complexity index is 1180. The molecule has 176 valence electrons. The molecule has 1 aromatic heterocycles. The van der Waals surface area contributed by atoms with E-state index in [0.29, 0.717) is 29.2 Å². The van der Waals surface area contributed by atoms with E-state index >= 15 is 0 Å². The van der Waals surface area contributed by atoms with Crippen LogP contribution < -0.4 is 21.8 Å². The molecule has 9 nitrogen and oxygen atoms in total. The van der Waals surface area contributed by atoms with Crippen molar-refractivity contribution in [2.45, 2.75) is 31.2 Å². The summed E-state index contributed by atoms with van der Waals surface area (Å²) in [5, 5.41) is 12.3. The Labute approximate surface area is 201 Å². The second-order valence-corrected chi connectivity index (χ2v) is 8.71. The quantitative estimate of drug-likeness (QED) is 0.402. The molecule has 0 spiro atoms. The molecule has 0 radical (unpaired) electrons. The lowest BCUT2D eigenvalue weighted by atomic mass is 10.1. The van der Waals surface area contributed by atoms with Gasteiger partial charge in [0.15, 0.2) is 0 Å². The Morgan fingerprint density at radius 2 is 2.06 bits per heavy atom. The number of halogens is 1. The maximum Gasteiger partial charge on any atom is 0.313 e. The zero-order valence-electron chi connectivity index (χ0n) is 18.5. The first kappa shape index (κ1) is 23.4. The number of carbonyl (C=O) groups excluding carboxylic acids is 3. The number of amides is 3. The molecule has 1 saturated carbocycles. The number of likely N-dealkylation sites (tertiary alicyclic amines) is 1. The molecule has 2 heterocycles. The van der Waals surface area contributed by atoms with Gasteiger partial charge in [0.05, 0.1) is 24.0 Å². The van der Waals surface area contributed by atoms with Gasteiger partial charge in [-0.15, -0.1) is 0 Å². The van der Waals surface area contributed by atoms with Gasteiger partial charge < -0.3 is 21.3 Å². The van der Waals surface area contributed by atoms with E-state index in [4.69, 9.17) is 22.7 Å².